The summed E-state index contributed by atoms with van der Waals surface area (Å²) in [6.45, 7) is 3.00. The van der Waals surface area contributed by atoms with Crippen LogP contribution in [-0.2, 0) is 4.74 Å². The number of aromatic carboxylic acids is 1. The minimum absolute atomic E-state index is 0.0623. The van der Waals surface area contributed by atoms with E-state index in [-0.39, 0.29) is 5.69 Å². The molecule has 1 aromatic rings. The van der Waals surface area contributed by atoms with Gasteiger partial charge in [0.15, 0.2) is 5.69 Å². The second-order valence-corrected chi connectivity index (χ2v) is 3.82. The van der Waals surface area contributed by atoms with E-state index in [2.05, 4.69) is 20.2 Å². The second kappa shape index (κ2) is 7.57. The van der Waals surface area contributed by atoms with Crippen LogP contribution in [0.5, 0.6) is 0 Å². The van der Waals surface area contributed by atoms with E-state index in [0.29, 0.717) is 19.0 Å². The van der Waals surface area contributed by atoms with Crippen LogP contribution in [0.25, 0.3) is 0 Å². The molecule has 18 heavy (non-hydrogen) atoms. The fraction of sp³-hybridized carbons (Fsp3) is 0.545. The van der Waals surface area contributed by atoms with Gasteiger partial charge in [0, 0.05) is 26.7 Å². The third-order valence-corrected chi connectivity index (χ3v) is 2.33. The van der Waals surface area contributed by atoms with Crippen LogP contribution in [0.1, 0.15) is 10.5 Å². The number of hydrogen-bond acceptors (Lipinski definition) is 6. The largest absolute Gasteiger partial charge is 0.476 e. The van der Waals surface area contributed by atoms with E-state index in [9.17, 15) is 4.79 Å². The van der Waals surface area contributed by atoms with E-state index in [4.69, 9.17) is 9.84 Å². The molecule has 0 spiro atoms. The predicted molar refractivity (Wildman–Crippen MR) is 66.9 cm³/mol. The lowest BCUT2D eigenvalue weighted by atomic mass is 10.4. The smallest absolute Gasteiger partial charge is 0.356 e. The van der Waals surface area contributed by atoms with Crippen molar-refractivity contribution in [2.24, 2.45) is 0 Å². The Morgan fingerprint density at radius 2 is 2.28 bits per heavy atom. The average Bonchev–Trinajstić information content (AvgIpc) is 2.36. The van der Waals surface area contributed by atoms with Gasteiger partial charge in [-0.25, -0.2) is 9.78 Å². The van der Waals surface area contributed by atoms with E-state index in [1.807, 2.05) is 7.05 Å². The number of carboxylic acid groups (broad SMARTS) is 1. The molecule has 0 saturated heterocycles. The van der Waals surface area contributed by atoms with E-state index >= 15 is 0 Å². The molecule has 7 nitrogen and oxygen atoms in total. The van der Waals surface area contributed by atoms with Crippen LogP contribution in [0, 0.1) is 0 Å². The van der Waals surface area contributed by atoms with Crippen molar-refractivity contribution in [1.29, 1.82) is 0 Å². The summed E-state index contributed by atoms with van der Waals surface area (Å²) in [5, 5.41) is 11.8. The molecule has 1 rings (SSSR count). The van der Waals surface area contributed by atoms with Gasteiger partial charge in [-0.3, -0.25) is 4.98 Å². The number of carbonyl (C=O) groups is 1. The van der Waals surface area contributed by atoms with Crippen molar-refractivity contribution in [3.63, 3.8) is 0 Å². The Morgan fingerprint density at radius 3 is 2.94 bits per heavy atom. The minimum Gasteiger partial charge on any atom is -0.476 e. The number of hydrogen-bond donors (Lipinski definition) is 2. The highest BCUT2D eigenvalue weighted by Crippen LogP contribution is 2.01. The van der Waals surface area contributed by atoms with Gasteiger partial charge in [-0.2, -0.15) is 0 Å². The highest BCUT2D eigenvalue weighted by atomic mass is 16.5. The molecule has 0 bridgehead atoms. The predicted octanol–water partition coefficient (Wildman–Crippen LogP) is 0.165. The van der Waals surface area contributed by atoms with Gasteiger partial charge < -0.3 is 20.1 Å². The molecule has 2 N–H and O–H groups in total. The molecule has 7 heteroatoms. The molecule has 0 radical (unpaired) electrons. The highest BCUT2D eigenvalue weighted by molar-refractivity contribution is 5.85. The number of ether oxygens (including phenoxy) is 1. The Labute approximate surface area is 106 Å². The van der Waals surface area contributed by atoms with Crippen molar-refractivity contribution in [3.8, 4) is 0 Å². The summed E-state index contributed by atoms with van der Waals surface area (Å²) in [5.74, 6) is -0.613. The van der Waals surface area contributed by atoms with Gasteiger partial charge in [-0.05, 0) is 7.05 Å². The summed E-state index contributed by atoms with van der Waals surface area (Å²) in [4.78, 5) is 20.5. The van der Waals surface area contributed by atoms with Crippen LogP contribution in [0.15, 0.2) is 12.4 Å². The molecule has 1 aromatic heterocycles. The summed E-state index contributed by atoms with van der Waals surface area (Å²) < 4.78 is 4.97. The zero-order chi connectivity index (χ0) is 13.4. The van der Waals surface area contributed by atoms with Crippen molar-refractivity contribution in [3.05, 3.63) is 18.1 Å². The van der Waals surface area contributed by atoms with Crippen molar-refractivity contribution in [2.75, 3.05) is 45.7 Å². The maximum absolute atomic E-state index is 10.7. The molecular formula is C11H18N4O3. The molecule has 100 valence electrons. The first kappa shape index (κ1) is 14.3. The Bertz CT molecular complexity index is 386. The van der Waals surface area contributed by atoms with Crippen molar-refractivity contribution in [2.45, 2.75) is 0 Å². The second-order valence-electron chi connectivity index (χ2n) is 3.82. The number of nitrogens with zero attached hydrogens (tertiary/aromatic N) is 3. The molecule has 0 saturated carbocycles. The maximum Gasteiger partial charge on any atom is 0.356 e. The third-order valence-electron chi connectivity index (χ3n) is 2.33. The van der Waals surface area contributed by atoms with Crippen molar-refractivity contribution in [1.82, 2.24) is 14.9 Å². The molecule has 0 aliphatic carbocycles. The molecule has 0 aliphatic rings. The number of likely N-dealkylation sites (N-methyl/N-ethyl adjacent to an activating group) is 1. The van der Waals surface area contributed by atoms with Crippen LogP contribution in [0.4, 0.5) is 5.82 Å². The van der Waals surface area contributed by atoms with Crippen LogP contribution in [-0.4, -0.2) is 66.3 Å². The molecule has 0 amide bonds. The standard InChI is InChI=1S/C11H18N4O3/c1-15(5-6-18-2)4-3-13-10-8-12-7-9(14-10)11(16)17/h7-8H,3-6H2,1-2H3,(H,13,14)(H,16,17). The Balaban J connectivity index is 2.35. The first-order valence-corrected chi connectivity index (χ1v) is 5.60. The number of rotatable bonds is 8. The fourth-order valence-electron chi connectivity index (χ4n) is 1.29. The normalized spacial score (nSPS) is 10.6. The maximum atomic E-state index is 10.7. The number of carboxylic acids is 1. The average molecular weight is 254 g/mol. The van der Waals surface area contributed by atoms with E-state index in [1.165, 1.54) is 12.4 Å². The lowest BCUT2D eigenvalue weighted by Crippen LogP contribution is -2.28. The highest BCUT2D eigenvalue weighted by Gasteiger charge is 2.05. The lowest BCUT2D eigenvalue weighted by Gasteiger charge is -2.16. The van der Waals surface area contributed by atoms with Gasteiger partial charge in [-0.1, -0.05) is 0 Å². The van der Waals surface area contributed by atoms with Gasteiger partial charge in [0.25, 0.3) is 0 Å². The Kier molecular flexibility index (Phi) is 6.03. The molecule has 0 fully saturated rings. The summed E-state index contributed by atoms with van der Waals surface area (Å²) in [7, 11) is 3.65. The lowest BCUT2D eigenvalue weighted by molar-refractivity contribution is 0.0690. The SMILES string of the molecule is COCCN(C)CCNc1cncc(C(=O)O)n1. The van der Waals surface area contributed by atoms with Gasteiger partial charge in [0.1, 0.15) is 5.82 Å². The van der Waals surface area contributed by atoms with Gasteiger partial charge in [0.2, 0.25) is 0 Å². The molecule has 1 heterocycles. The monoisotopic (exact) mass is 254 g/mol. The van der Waals surface area contributed by atoms with E-state index in [0.717, 1.165) is 13.1 Å². The van der Waals surface area contributed by atoms with Crippen molar-refractivity contribution < 1.29 is 14.6 Å². The quantitative estimate of drug-likeness (QED) is 0.683. The number of anilines is 1. The molecule has 0 aliphatic heterocycles. The third kappa shape index (κ3) is 5.07. The first-order valence-electron chi connectivity index (χ1n) is 5.60. The number of aromatic nitrogens is 2. The Morgan fingerprint density at radius 1 is 1.50 bits per heavy atom. The molecule has 0 unspecified atom stereocenters. The number of methoxy groups -OCH3 is 1. The number of nitrogens with one attached hydrogen (secondary N) is 1. The van der Waals surface area contributed by atoms with E-state index in [1.54, 1.807) is 7.11 Å². The molecule has 0 aromatic carbocycles. The van der Waals surface area contributed by atoms with Crippen LogP contribution in [0.2, 0.25) is 0 Å². The van der Waals surface area contributed by atoms with Gasteiger partial charge in [0.05, 0.1) is 19.0 Å². The molecular weight excluding hydrogens is 236 g/mol. The zero-order valence-electron chi connectivity index (χ0n) is 10.6. The van der Waals surface area contributed by atoms with Crippen molar-refractivity contribution >= 4 is 11.8 Å². The zero-order valence-corrected chi connectivity index (χ0v) is 10.6. The van der Waals surface area contributed by atoms with Gasteiger partial charge >= 0.3 is 5.97 Å². The Hall–Kier alpha value is -1.73. The topological polar surface area (TPSA) is 87.6 Å². The van der Waals surface area contributed by atoms with Crippen LogP contribution < -0.4 is 5.32 Å². The minimum atomic E-state index is -1.08. The van der Waals surface area contributed by atoms with Gasteiger partial charge in [-0.15, -0.1) is 0 Å². The fourth-order valence-corrected chi connectivity index (χ4v) is 1.29. The summed E-state index contributed by atoms with van der Waals surface area (Å²) in [6, 6.07) is 0. The van der Waals surface area contributed by atoms with Crippen LogP contribution in [0.3, 0.4) is 0 Å². The first-order chi connectivity index (χ1) is 8.63. The summed E-state index contributed by atoms with van der Waals surface area (Å²) >= 11 is 0. The van der Waals surface area contributed by atoms with E-state index < -0.39 is 5.97 Å². The summed E-state index contributed by atoms with van der Waals surface area (Å²) in [6.07, 6.45) is 2.72. The summed E-state index contributed by atoms with van der Waals surface area (Å²) in [5.41, 5.74) is -0.0623. The molecule has 0 atom stereocenters. The van der Waals surface area contributed by atoms with Crippen LogP contribution >= 0.6 is 0 Å².